The summed E-state index contributed by atoms with van der Waals surface area (Å²) < 4.78 is 4.79. The van der Waals surface area contributed by atoms with Crippen LogP contribution in [0.25, 0.3) is 11.3 Å². The van der Waals surface area contributed by atoms with E-state index in [-0.39, 0.29) is 47.2 Å². The fourth-order valence-corrected chi connectivity index (χ4v) is 10.4. The first-order chi connectivity index (χ1) is 29.5. The number of amides is 5. The van der Waals surface area contributed by atoms with Gasteiger partial charge in [-0.25, -0.2) is 19.6 Å². The van der Waals surface area contributed by atoms with E-state index in [1.807, 2.05) is 54.8 Å². The van der Waals surface area contributed by atoms with Crippen LogP contribution in [0.5, 0.6) is 0 Å². The van der Waals surface area contributed by atoms with Crippen LogP contribution >= 0.6 is 0 Å². The molecule has 3 aromatic rings. The molecule has 14 heteroatoms. The van der Waals surface area contributed by atoms with Gasteiger partial charge in [-0.3, -0.25) is 9.59 Å². The van der Waals surface area contributed by atoms with E-state index in [2.05, 4.69) is 44.9 Å². The van der Waals surface area contributed by atoms with Gasteiger partial charge in [-0.2, -0.15) is 0 Å². The van der Waals surface area contributed by atoms with E-state index in [0.717, 1.165) is 106 Å². The second-order valence-corrected chi connectivity index (χ2v) is 18.7. The maximum absolute atomic E-state index is 14.0. The van der Waals surface area contributed by atoms with Gasteiger partial charge in [-0.1, -0.05) is 71.2 Å². The van der Waals surface area contributed by atoms with E-state index in [4.69, 9.17) is 14.7 Å². The molecule has 4 unspecified atom stereocenters. The Kier molecular flexibility index (Phi) is 14.4. The monoisotopic (exact) mass is 840 g/mol. The molecule has 0 spiro atoms. The van der Waals surface area contributed by atoms with Crippen LogP contribution in [0.2, 0.25) is 0 Å². The van der Waals surface area contributed by atoms with Crippen LogP contribution in [-0.2, 0) is 26.2 Å². The van der Waals surface area contributed by atoms with Crippen LogP contribution in [0.4, 0.5) is 9.59 Å². The van der Waals surface area contributed by atoms with E-state index in [0.29, 0.717) is 13.1 Å². The number of benzene rings is 1. The summed E-state index contributed by atoms with van der Waals surface area (Å²) >= 11 is 0. The smallest absolute Gasteiger partial charge is 0.407 e. The second-order valence-electron chi connectivity index (χ2n) is 18.7. The molecule has 1 aromatic carbocycles. The second kappa shape index (κ2) is 19.9. The molecule has 5 heterocycles. The Bertz CT molecular complexity index is 1940. The molecule has 4 N–H and O–H groups in total. The maximum atomic E-state index is 14.0. The standard InChI is InChI=1S/C47H69N9O5/c1-31(2)39(52-45(59)54-25-10-7-11-26-54)43(57)56-28-14-17-38(56)42-49-30-36(51-42)33-18-20-34(21-19-33)47(22-8-6-9-23-47)24-12-15-35-29-48-41(50-35)37-16-13-27-55(37)44(58)40(32(3)4)53-46(60)61-5/h18-21,29-32,37-40H,6-17,22-28H2,1-5H3,(H,48,50)(H,49,51)(H,52,59)(H,53,60). The van der Waals surface area contributed by atoms with Gasteiger partial charge < -0.3 is 40.0 Å². The van der Waals surface area contributed by atoms with Crippen LogP contribution in [-0.4, -0.2) is 104 Å². The van der Waals surface area contributed by atoms with Crippen molar-refractivity contribution in [3.05, 3.63) is 59.6 Å². The third-order valence-electron chi connectivity index (χ3n) is 13.9. The number of aryl methyl sites for hydroxylation is 1. The molecule has 0 radical (unpaired) electrons. The van der Waals surface area contributed by atoms with E-state index in [1.54, 1.807) is 0 Å². The molecule has 2 aromatic heterocycles. The molecule has 61 heavy (non-hydrogen) atoms. The zero-order valence-corrected chi connectivity index (χ0v) is 37.1. The molecule has 14 nitrogen and oxygen atoms in total. The number of rotatable bonds is 14. The number of imidazole rings is 2. The first-order valence-electron chi connectivity index (χ1n) is 23.2. The number of likely N-dealkylation sites (tertiary alicyclic amines) is 3. The normalized spacial score (nSPS) is 21.5. The maximum Gasteiger partial charge on any atom is 0.407 e. The largest absolute Gasteiger partial charge is 0.453 e. The van der Waals surface area contributed by atoms with Gasteiger partial charge >= 0.3 is 12.1 Å². The Morgan fingerprint density at radius 2 is 1.31 bits per heavy atom. The zero-order chi connectivity index (χ0) is 43.1. The van der Waals surface area contributed by atoms with Crippen molar-refractivity contribution in [2.45, 2.75) is 154 Å². The van der Waals surface area contributed by atoms with Gasteiger partial charge in [-0.15, -0.1) is 0 Å². The first-order valence-corrected chi connectivity index (χ1v) is 23.2. The van der Waals surface area contributed by atoms with Crippen molar-refractivity contribution in [3.63, 3.8) is 0 Å². The van der Waals surface area contributed by atoms with Gasteiger partial charge in [0.05, 0.1) is 31.1 Å². The minimum absolute atomic E-state index is 0.0329. The number of aromatic amines is 2. The Morgan fingerprint density at radius 1 is 0.738 bits per heavy atom. The molecular weight excluding hydrogens is 771 g/mol. The van der Waals surface area contributed by atoms with Gasteiger partial charge in [0.2, 0.25) is 11.8 Å². The van der Waals surface area contributed by atoms with Crippen LogP contribution in [0, 0.1) is 11.8 Å². The number of methoxy groups -OCH3 is 1. The number of piperidine rings is 1. The molecule has 7 rings (SSSR count). The van der Waals surface area contributed by atoms with E-state index < -0.39 is 18.2 Å². The summed E-state index contributed by atoms with van der Waals surface area (Å²) in [7, 11) is 1.31. The number of carbonyl (C=O) groups is 4. The van der Waals surface area contributed by atoms with Crippen LogP contribution in [0.15, 0.2) is 36.7 Å². The Hall–Kier alpha value is -4.88. The molecule has 4 atom stereocenters. The molecule has 3 saturated heterocycles. The summed E-state index contributed by atoms with van der Waals surface area (Å²) in [6.07, 6.45) is 18.9. The lowest BCUT2D eigenvalue weighted by Crippen LogP contribution is -2.55. The average Bonchev–Trinajstić information content (AvgIpc) is 4.12. The van der Waals surface area contributed by atoms with E-state index in [9.17, 15) is 19.2 Å². The van der Waals surface area contributed by atoms with Gasteiger partial charge in [0.15, 0.2) is 0 Å². The number of aromatic nitrogens is 4. The van der Waals surface area contributed by atoms with Gasteiger partial charge in [0, 0.05) is 38.1 Å². The van der Waals surface area contributed by atoms with Crippen LogP contribution < -0.4 is 10.6 Å². The lowest BCUT2D eigenvalue weighted by atomic mass is 9.66. The topological polar surface area (TPSA) is 169 Å². The summed E-state index contributed by atoms with van der Waals surface area (Å²) in [5, 5.41) is 5.82. The van der Waals surface area contributed by atoms with Crippen molar-refractivity contribution in [1.29, 1.82) is 0 Å². The highest BCUT2D eigenvalue weighted by Gasteiger charge is 2.40. The molecule has 3 aliphatic heterocycles. The minimum Gasteiger partial charge on any atom is -0.453 e. The van der Waals surface area contributed by atoms with Crippen molar-refractivity contribution >= 4 is 23.9 Å². The summed E-state index contributed by atoms with van der Waals surface area (Å²) in [6.45, 7) is 10.6. The van der Waals surface area contributed by atoms with Crippen molar-refractivity contribution in [1.82, 2.24) is 45.3 Å². The number of hydrogen-bond acceptors (Lipinski definition) is 7. The average molecular weight is 840 g/mol. The van der Waals surface area contributed by atoms with Gasteiger partial charge in [-0.05, 0) is 105 Å². The third-order valence-corrected chi connectivity index (χ3v) is 13.9. The Labute approximate surface area is 361 Å². The fraction of sp³-hybridized carbons (Fsp3) is 0.660. The van der Waals surface area contributed by atoms with Crippen molar-refractivity contribution < 1.29 is 23.9 Å². The highest BCUT2D eigenvalue weighted by molar-refractivity contribution is 5.88. The lowest BCUT2D eigenvalue weighted by Gasteiger charge is -2.38. The van der Waals surface area contributed by atoms with Gasteiger partial charge in [0.1, 0.15) is 23.7 Å². The van der Waals surface area contributed by atoms with Crippen LogP contribution in [0.1, 0.15) is 153 Å². The molecule has 4 aliphatic rings. The number of nitrogens with zero attached hydrogens (tertiary/aromatic N) is 5. The molecule has 4 fully saturated rings. The molecule has 1 aliphatic carbocycles. The molecule has 0 bridgehead atoms. The predicted octanol–water partition coefficient (Wildman–Crippen LogP) is 7.95. The fourth-order valence-electron chi connectivity index (χ4n) is 10.4. The van der Waals surface area contributed by atoms with E-state index >= 15 is 0 Å². The van der Waals surface area contributed by atoms with Gasteiger partial charge in [0.25, 0.3) is 0 Å². The highest BCUT2D eigenvalue weighted by atomic mass is 16.5. The quantitative estimate of drug-likeness (QED) is 0.128. The van der Waals surface area contributed by atoms with Crippen molar-refractivity contribution in [2.75, 3.05) is 33.3 Å². The zero-order valence-electron chi connectivity index (χ0n) is 37.1. The number of carbonyl (C=O) groups excluding carboxylic acids is 4. The summed E-state index contributed by atoms with van der Waals surface area (Å²) in [5.74, 6) is 1.36. The molecule has 1 saturated carbocycles. The van der Waals surface area contributed by atoms with Crippen molar-refractivity contribution in [3.8, 4) is 11.3 Å². The summed E-state index contributed by atoms with van der Waals surface area (Å²) in [6, 6.07) is 7.38. The Morgan fingerprint density at radius 3 is 1.92 bits per heavy atom. The first kappa shape index (κ1) is 44.2. The third kappa shape index (κ3) is 10.1. The SMILES string of the molecule is COC(=O)NC(C(=O)N1CCCC1c1ncc(CCCC2(c3ccc(-c4cnc(C5CCCN5C(=O)C(NC(=O)N5CCCCC5)C(C)C)[nH]4)cc3)CCCCC2)[nH]1)C(C)C. The lowest BCUT2D eigenvalue weighted by molar-refractivity contribution is -0.136. The number of nitrogens with one attached hydrogen (secondary N) is 4. The molecule has 332 valence electrons. The number of H-pyrrole nitrogens is 2. The number of ether oxygens (including phenoxy) is 1. The van der Waals surface area contributed by atoms with Crippen LogP contribution in [0.3, 0.4) is 0 Å². The Balaban J connectivity index is 0.974. The number of alkyl carbamates (subject to hydrolysis) is 1. The predicted molar refractivity (Wildman–Crippen MR) is 234 cm³/mol. The highest BCUT2D eigenvalue weighted by Crippen LogP contribution is 2.44. The summed E-state index contributed by atoms with van der Waals surface area (Å²) in [4.78, 5) is 75.1. The minimum atomic E-state index is -0.658. The van der Waals surface area contributed by atoms with E-state index in [1.165, 1.54) is 44.8 Å². The molecule has 5 amide bonds. The van der Waals surface area contributed by atoms with Crippen molar-refractivity contribution in [2.24, 2.45) is 11.8 Å². The number of urea groups is 1. The molecular formula is C47H69N9O5. The number of hydrogen-bond donors (Lipinski definition) is 4. The summed E-state index contributed by atoms with van der Waals surface area (Å²) in [5.41, 5.74) is 4.61.